The largest absolute Gasteiger partial charge is 0.365 e. The Hall–Kier alpha value is -1.32. The Bertz CT molecular complexity index is 509. The van der Waals surface area contributed by atoms with Crippen LogP contribution in [-0.2, 0) is 23.8 Å². The number of rotatable bonds is 2. The number of alkyl halides is 1. The van der Waals surface area contributed by atoms with E-state index in [0.29, 0.717) is 12.5 Å². The zero-order valence-electron chi connectivity index (χ0n) is 9.34. The molecule has 17 heavy (non-hydrogen) atoms. The molecule has 3 nitrogen and oxygen atoms in total. The normalized spacial score (nSPS) is 19.0. The Labute approximate surface area is 105 Å². The summed E-state index contributed by atoms with van der Waals surface area (Å²) in [6.45, 7) is 1.39. The van der Waals surface area contributed by atoms with E-state index in [9.17, 15) is 0 Å². The first-order valence-corrected chi connectivity index (χ1v) is 6.17. The number of imidazole rings is 1. The van der Waals surface area contributed by atoms with Gasteiger partial charge in [-0.15, -0.1) is 11.6 Å². The highest BCUT2D eigenvalue weighted by Gasteiger charge is 2.22. The summed E-state index contributed by atoms with van der Waals surface area (Å²) in [5.41, 5.74) is 3.24. The molecule has 0 radical (unpaired) electrons. The van der Waals surface area contributed by atoms with Crippen molar-refractivity contribution in [1.82, 2.24) is 9.55 Å². The van der Waals surface area contributed by atoms with Crippen molar-refractivity contribution in [1.29, 1.82) is 0 Å². The van der Waals surface area contributed by atoms with Crippen LogP contribution in [0.2, 0.25) is 0 Å². The van der Waals surface area contributed by atoms with Gasteiger partial charge in [-0.1, -0.05) is 30.3 Å². The molecule has 2 heterocycles. The minimum absolute atomic E-state index is 0.112. The average Bonchev–Trinajstić information content (AvgIpc) is 2.81. The molecule has 0 fully saturated rings. The van der Waals surface area contributed by atoms with E-state index >= 15 is 0 Å². The molecule has 0 saturated carbocycles. The Morgan fingerprint density at radius 1 is 1.35 bits per heavy atom. The first kappa shape index (κ1) is 10.8. The van der Waals surface area contributed by atoms with Crippen molar-refractivity contribution >= 4 is 11.6 Å². The number of benzene rings is 1. The number of nitrogens with zero attached hydrogens (tertiary/aromatic N) is 2. The van der Waals surface area contributed by atoms with Gasteiger partial charge in [-0.25, -0.2) is 4.98 Å². The second-order valence-electron chi connectivity index (χ2n) is 4.13. The predicted octanol–water partition coefficient (Wildman–Crippen LogP) is 2.89. The van der Waals surface area contributed by atoms with E-state index in [1.165, 1.54) is 5.56 Å². The SMILES string of the molecule is ClCc1ncn2c1CO[C@H](c1ccccc1)C2. The maximum atomic E-state index is 5.87. The highest BCUT2D eigenvalue weighted by Crippen LogP contribution is 2.27. The maximum Gasteiger partial charge on any atom is 0.101 e. The van der Waals surface area contributed by atoms with Gasteiger partial charge in [0.05, 0.1) is 36.7 Å². The average molecular weight is 249 g/mol. The van der Waals surface area contributed by atoms with Gasteiger partial charge in [0.2, 0.25) is 0 Å². The number of halogens is 1. The molecule has 88 valence electrons. The zero-order chi connectivity index (χ0) is 11.7. The quantitative estimate of drug-likeness (QED) is 0.764. The molecule has 3 rings (SSSR count). The summed E-state index contributed by atoms with van der Waals surface area (Å²) in [5, 5.41) is 0. The molecule has 1 atom stereocenters. The van der Waals surface area contributed by atoms with Gasteiger partial charge in [-0.05, 0) is 5.56 Å². The first-order valence-electron chi connectivity index (χ1n) is 5.64. The van der Waals surface area contributed by atoms with E-state index in [-0.39, 0.29) is 6.10 Å². The molecular weight excluding hydrogens is 236 g/mol. The van der Waals surface area contributed by atoms with Crippen LogP contribution in [0.25, 0.3) is 0 Å². The molecule has 0 spiro atoms. The highest BCUT2D eigenvalue weighted by atomic mass is 35.5. The third kappa shape index (κ3) is 1.96. The fourth-order valence-electron chi connectivity index (χ4n) is 2.16. The summed E-state index contributed by atoms with van der Waals surface area (Å²) >= 11 is 5.83. The van der Waals surface area contributed by atoms with Crippen LogP contribution in [0.1, 0.15) is 23.1 Å². The molecule has 1 aliphatic heterocycles. The van der Waals surface area contributed by atoms with E-state index in [4.69, 9.17) is 16.3 Å². The smallest absolute Gasteiger partial charge is 0.101 e. The monoisotopic (exact) mass is 248 g/mol. The van der Waals surface area contributed by atoms with Crippen LogP contribution < -0.4 is 0 Å². The maximum absolute atomic E-state index is 5.87. The standard InChI is InChI=1S/C13H13ClN2O/c14-6-11-12-8-17-13(7-16(12)9-15-11)10-4-2-1-3-5-10/h1-5,9,13H,6-8H2/t13-/m0/s1. The van der Waals surface area contributed by atoms with Gasteiger partial charge < -0.3 is 9.30 Å². The Balaban J connectivity index is 1.86. The van der Waals surface area contributed by atoms with Crippen molar-refractivity contribution in [2.45, 2.75) is 25.1 Å². The lowest BCUT2D eigenvalue weighted by molar-refractivity contribution is 0.00267. The minimum atomic E-state index is 0.112. The lowest BCUT2D eigenvalue weighted by atomic mass is 10.1. The molecule has 0 saturated heterocycles. The van der Waals surface area contributed by atoms with Crippen LogP contribution in [0.4, 0.5) is 0 Å². The van der Waals surface area contributed by atoms with Gasteiger partial charge in [-0.3, -0.25) is 0 Å². The molecule has 2 aromatic rings. The second kappa shape index (κ2) is 4.51. The number of aromatic nitrogens is 2. The number of hydrogen-bond acceptors (Lipinski definition) is 2. The van der Waals surface area contributed by atoms with E-state index < -0.39 is 0 Å². The van der Waals surface area contributed by atoms with Crippen molar-refractivity contribution in [3.05, 3.63) is 53.6 Å². The third-order valence-corrected chi connectivity index (χ3v) is 3.37. The fourth-order valence-corrected chi connectivity index (χ4v) is 2.39. The molecule has 0 aliphatic carbocycles. The molecule has 1 aliphatic rings. The third-order valence-electron chi connectivity index (χ3n) is 3.11. The van der Waals surface area contributed by atoms with Crippen molar-refractivity contribution in [2.24, 2.45) is 0 Å². The lowest BCUT2D eigenvalue weighted by Gasteiger charge is -2.25. The van der Waals surface area contributed by atoms with Gasteiger partial charge in [0.15, 0.2) is 0 Å². The molecule has 0 amide bonds. The van der Waals surface area contributed by atoms with Crippen molar-refractivity contribution in [2.75, 3.05) is 0 Å². The fraction of sp³-hybridized carbons (Fsp3) is 0.308. The molecule has 0 unspecified atom stereocenters. The summed E-state index contributed by atoms with van der Waals surface area (Å²) in [6.07, 6.45) is 1.96. The zero-order valence-corrected chi connectivity index (χ0v) is 10.1. The Kier molecular flexibility index (Phi) is 2.87. The topological polar surface area (TPSA) is 27.1 Å². The Morgan fingerprint density at radius 3 is 2.94 bits per heavy atom. The van der Waals surface area contributed by atoms with Gasteiger partial charge >= 0.3 is 0 Å². The van der Waals surface area contributed by atoms with Crippen LogP contribution in [0, 0.1) is 0 Å². The highest BCUT2D eigenvalue weighted by molar-refractivity contribution is 6.16. The van der Waals surface area contributed by atoms with Crippen molar-refractivity contribution < 1.29 is 4.74 Å². The molecule has 1 aromatic carbocycles. The molecule has 4 heteroatoms. The predicted molar refractivity (Wildman–Crippen MR) is 65.8 cm³/mol. The van der Waals surface area contributed by atoms with Crippen molar-refractivity contribution in [3.63, 3.8) is 0 Å². The van der Waals surface area contributed by atoms with Gasteiger partial charge in [0.1, 0.15) is 6.10 Å². The van der Waals surface area contributed by atoms with Gasteiger partial charge in [0, 0.05) is 0 Å². The van der Waals surface area contributed by atoms with Crippen molar-refractivity contribution in [3.8, 4) is 0 Å². The van der Waals surface area contributed by atoms with Crippen LogP contribution in [-0.4, -0.2) is 9.55 Å². The van der Waals surface area contributed by atoms with Crippen LogP contribution >= 0.6 is 11.6 Å². The lowest BCUT2D eigenvalue weighted by Crippen LogP contribution is -2.20. The van der Waals surface area contributed by atoms with Crippen LogP contribution in [0.3, 0.4) is 0 Å². The first-order chi connectivity index (χ1) is 8.38. The van der Waals surface area contributed by atoms with E-state index in [0.717, 1.165) is 17.9 Å². The van der Waals surface area contributed by atoms with E-state index in [1.54, 1.807) is 0 Å². The molecular formula is C13H13ClN2O. The molecule has 1 aromatic heterocycles. The van der Waals surface area contributed by atoms with Crippen LogP contribution in [0.15, 0.2) is 36.7 Å². The summed E-state index contributed by atoms with van der Waals surface area (Å²) in [6, 6.07) is 10.3. The summed E-state index contributed by atoms with van der Waals surface area (Å²) in [7, 11) is 0. The van der Waals surface area contributed by atoms with Crippen LogP contribution in [0.5, 0.6) is 0 Å². The molecule has 0 N–H and O–H groups in total. The van der Waals surface area contributed by atoms with Gasteiger partial charge in [-0.2, -0.15) is 0 Å². The van der Waals surface area contributed by atoms with E-state index in [1.807, 2.05) is 24.5 Å². The summed E-state index contributed by atoms with van der Waals surface area (Å²) in [4.78, 5) is 4.30. The summed E-state index contributed by atoms with van der Waals surface area (Å²) in [5.74, 6) is 0.446. The Morgan fingerprint density at radius 2 is 2.18 bits per heavy atom. The van der Waals surface area contributed by atoms with Gasteiger partial charge in [0.25, 0.3) is 0 Å². The number of hydrogen-bond donors (Lipinski definition) is 0. The summed E-state index contributed by atoms with van der Waals surface area (Å²) < 4.78 is 8.01. The second-order valence-corrected chi connectivity index (χ2v) is 4.40. The number of fused-ring (bicyclic) bond motifs is 1. The number of ether oxygens (including phenoxy) is 1. The van der Waals surface area contributed by atoms with E-state index in [2.05, 4.69) is 21.7 Å². The minimum Gasteiger partial charge on any atom is -0.365 e. The molecule has 0 bridgehead atoms.